The number of aliphatic carboxylic acids is 1. The first-order chi connectivity index (χ1) is 61.1. The molecule has 5 heterocycles. The number of nitrogens with two attached hydrogens (primary N) is 12. The zero-order valence-corrected chi connectivity index (χ0v) is 74.1. The van der Waals surface area contributed by atoms with Crippen LogP contribution in [0, 0.1) is 5.92 Å². The number of nitrogens with zero attached hydrogens (tertiary/aromatic N) is 12. The Balaban J connectivity index is 0.000000267. The number of amides is 4. The number of hydrogen-bond donors (Lipinski definition) is 20. The highest BCUT2D eigenvalue weighted by Gasteiger charge is 2.46. The first-order valence-corrected chi connectivity index (χ1v) is 42.7. The van der Waals surface area contributed by atoms with Gasteiger partial charge >= 0.3 is 11.9 Å². The number of esters is 1. The molecule has 45 nitrogen and oxygen atoms in total. The molecule has 0 saturated carbocycles. The van der Waals surface area contributed by atoms with Crippen LogP contribution in [-0.2, 0) is 49.8 Å². The van der Waals surface area contributed by atoms with Gasteiger partial charge in [-0.1, -0.05) is 121 Å². The number of halogens is 4. The number of carbonyl (C=O) groups excluding carboxylic acids is 6. The Kier molecular flexibility index (Phi) is 41.5. The van der Waals surface area contributed by atoms with Crippen molar-refractivity contribution in [2.75, 3.05) is 92.0 Å². The lowest BCUT2D eigenvalue weighted by Crippen LogP contribution is -2.57. The predicted molar refractivity (Wildman–Crippen MR) is 487 cm³/mol. The van der Waals surface area contributed by atoms with E-state index in [0.717, 1.165) is 92.0 Å². The molecule has 4 aromatic carbocycles. The fourth-order valence-electron chi connectivity index (χ4n) is 11.1. The van der Waals surface area contributed by atoms with Crippen molar-refractivity contribution in [3.05, 3.63) is 174 Å². The molecular weight excluding hydrogens is 1790 g/mol. The molecule has 50 heteroatoms. The van der Waals surface area contributed by atoms with Crippen molar-refractivity contribution in [1.29, 1.82) is 0 Å². The van der Waals surface area contributed by atoms with Gasteiger partial charge in [0.2, 0.25) is 16.1 Å². The molecule has 3 unspecified atom stereocenters. The van der Waals surface area contributed by atoms with Gasteiger partial charge in [0.15, 0.2) is 120 Å². The van der Waals surface area contributed by atoms with Gasteiger partial charge < -0.3 is 108 Å². The molecule has 4 amide bonds. The number of aliphatic imine (C=N–C) groups is 4. The first-order valence-electron chi connectivity index (χ1n) is 39.3. The summed E-state index contributed by atoms with van der Waals surface area (Å²) in [6, 6.07) is 28.4. The second-order valence-corrected chi connectivity index (χ2v) is 31.4. The van der Waals surface area contributed by atoms with Crippen LogP contribution in [0.1, 0.15) is 157 Å². The number of carbonyl (C=O) groups is 7. The summed E-state index contributed by atoms with van der Waals surface area (Å²) >= 11 is 23.0. The van der Waals surface area contributed by atoms with Crippen LogP contribution in [-0.4, -0.2) is 210 Å². The van der Waals surface area contributed by atoms with Crippen LogP contribution >= 0.6 is 46.4 Å². The van der Waals surface area contributed by atoms with Crippen molar-refractivity contribution in [1.82, 2.24) is 61.1 Å². The average Bonchev–Trinajstić information content (AvgIpc) is 0.790. The molecule has 694 valence electrons. The van der Waals surface area contributed by atoms with E-state index in [2.05, 4.69) is 85.8 Å². The largest absolute Gasteiger partial charge is 0.491 e. The lowest BCUT2D eigenvalue weighted by atomic mass is 9.90. The molecule has 129 heavy (non-hydrogen) atoms. The van der Waals surface area contributed by atoms with Gasteiger partial charge in [-0.05, 0) is 142 Å². The molecular formula is C79H102Cl4N28O17S. The van der Waals surface area contributed by atoms with Crippen molar-refractivity contribution in [3.63, 3.8) is 0 Å². The molecule has 1 aliphatic rings. The molecule has 1 aliphatic heterocycles. The molecule has 4 aromatic heterocycles. The van der Waals surface area contributed by atoms with Gasteiger partial charge in [-0.25, -0.2) is 57.9 Å². The first kappa shape index (κ1) is 104. The van der Waals surface area contributed by atoms with Crippen LogP contribution in [0.3, 0.4) is 0 Å². The number of aromatic nitrogens is 8. The van der Waals surface area contributed by atoms with E-state index in [1.807, 2.05) is 55.5 Å². The number of guanidine groups is 4. The Hall–Kier alpha value is -13.5. The molecule has 1 saturated heterocycles. The number of carboxylic acid groups (broad SMARTS) is 1. The minimum atomic E-state index is -3.76. The molecule has 1 fully saturated rings. The third-order valence-corrected chi connectivity index (χ3v) is 20.2. The Labute approximate surface area is 759 Å². The number of aliphatic hydroxyl groups is 3. The minimum Gasteiger partial charge on any atom is -0.491 e. The molecule has 0 spiro atoms. The van der Waals surface area contributed by atoms with Gasteiger partial charge in [-0.3, -0.25) is 65.2 Å². The lowest BCUT2D eigenvalue weighted by molar-refractivity contribution is -0.255. The van der Waals surface area contributed by atoms with E-state index in [4.69, 9.17) is 129 Å². The second kappa shape index (κ2) is 51.4. The number of sulfone groups is 1. The third kappa shape index (κ3) is 34.3. The standard InChI is InChI=1S/C23H30ClN7O7.C20H28ClN7O3.C18H22ClN7O4S.C18H22ClN7O3/c1-10-14(32)16(21(35)36)38-22(15(10)33)37-12-7-5-11(6-8-12)4-2-3-9-28-23(27)31-20(34)13-18(25)30-19(26)17(24)29-13;1-2-13(29)11-31-14-8-5-7-12(10-14)6-3-4-9-25-20(24)28-19(30)15-17(22)27-18(23)16(21)26-15;1-31(29,30)17(28)11-7-5-10(6-8-11)4-2-3-9-23-18(22)26-16(27)12-14(20)25-15(21)13(19)24-12;1-29-17(28)11-7-5-10(6-8-11)4-2-3-9-23-18(22)26-16(27)12-14(20)25-15(21)13(19)24-12/h5-8,10,14-16,22,32-33H,2-4,9H2,1H3,(H,35,36)(H4,25,26,30)(H3,27,28,31,34);5,7-8,10,13,29H,2-4,6,9,11H2,1H3,(H4,22,23,27)(H3,24,25,28,30);5-8H,2-4,9H2,1H3,(H4,20,21,25)(H3,22,23,26,27);5-8H,2-4,9H2,1H3,(H4,20,21,25)(H3,22,23,26,27)/t10-,14-,15+,16?,22?;;;/m0.../s1. The van der Waals surface area contributed by atoms with Gasteiger partial charge in [-0.2, -0.15) is 0 Å². The number of nitrogens with one attached hydrogen (secondary N) is 4. The number of unbranched alkanes of at least 4 members (excludes halogenated alkanes) is 4. The number of anilines is 8. The van der Waals surface area contributed by atoms with Crippen LogP contribution in [0.15, 0.2) is 117 Å². The maximum atomic E-state index is 12.2. The van der Waals surface area contributed by atoms with E-state index in [1.54, 1.807) is 36.4 Å². The highest BCUT2D eigenvalue weighted by atomic mass is 35.5. The van der Waals surface area contributed by atoms with Crippen LogP contribution in [0.2, 0.25) is 20.6 Å². The van der Waals surface area contributed by atoms with E-state index < -0.39 is 81.2 Å². The average molecular weight is 1890 g/mol. The number of aliphatic hydroxyl groups excluding tert-OH is 3. The third-order valence-electron chi connectivity index (χ3n) is 18.1. The zero-order chi connectivity index (χ0) is 95.4. The van der Waals surface area contributed by atoms with E-state index in [0.29, 0.717) is 63.2 Å². The van der Waals surface area contributed by atoms with E-state index in [-0.39, 0.29) is 132 Å². The summed E-state index contributed by atoms with van der Waals surface area (Å²) in [5, 5.41) is 47.1. The summed E-state index contributed by atoms with van der Waals surface area (Å²) in [6.45, 7) is 5.30. The van der Waals surface area contributed by atoms with Gasteiger partial charge in [0.1, 0.15) is 24.2 Å². The van der Waals surface area contributed by atoms with E-state index >= 15 is 0 Å². The van der Waals surface area contributed by atoms with Crippen molar-refractivity contribution in [2.45, 2.75) is 128 Å². The van der Waals surface area contributed by atoms with Gasteiger partial charge in [-0.15, -0.1) is 0 Å². The SMILES string of the molecule is CCC(O)COc1cccc(CCCCN=C(N)NC(=O)c2nc(Cl)c(N)nc2N)c1.COC(=O)c1ccc(CCCCN=C(N)NC(=O)c2nc(Cl)c(N)nc2N)cc1.CS(=O)(=O)C(=O)c1ccc(CCCCN=C(N)NC(=O)c2nc(Cl)c(N)nc2N)cc1.C[C@H]1[C@H](O)C(C(=O)O)OC(Oc2ccc(CCCCN=C(N)NC(=O)c3nc(Cl)c(N)nc3N)cc2)[C@@H]1O. The van der Waals surface area contributed by atoms with Crippen molar-refractivity contribution in [3.8, 4) is 11.5 Å². The summed E-state index contributed by atoms with van der Waals surface area (Å²) in [4.78, 5) is 130. The number of ether oxygens (including phenoxy) is 4. The fourth-order valence-corrected chi connectivity index (χ4v) is 12.2. The Morgan fingerprint density at radius 2 is 0.806 bits per heavy atom. The summed E-state index contributed by atoms with van der Waals surface area (Å²) in [5.74, 6) is -5.42. The van der Waals surface area contributed by atoms with E-state index in [9.17, 15) is 62.4 Å². The number of aryl methyl sites for hydroxylation is 4. The van der Waals surface area contributed by atoms with Crippen molar-refractivity contribution < 1.29 is 81.4 Å². The molecule has 6 atom stereocenters. The molecule has 8 aromatic rings. The zero-order valence-electron chi connectivity index (χ0n) is 70.2. The Bertz CT molecular complexity index is 5460. The lowest BCUT2D eigenvalue weighted by Gasteiger charge is -2.39. The maximum Gasteiger partial charge on any atom is 0.337 e. The summed E-state index contributed by atoms with van der Waals surface area (Å²) in [5.41, 5.74) is 71.3. The molecule has 9 rings (SSSR count). The fraction of sp³-hybridized carbons (Fsp3) is 0.354. The van der Waals surface area contributed by atoms with Crippen LogP contribution < -0.4 is 99.5 Å². The normalized spacial score (nSPS) is 15.3. The molecule has 32 N–H and O–H groups in total. The molecule has 0 radical (unpaired) electrons. The topological polar surface area (TPSA) is 784 Å². The minimum absolute atomic E-state index is 0.0518. The number of benzene rings is 4. The maximum absolute atomic E-state index is 12.2. The molecule has 0 aliphatic carbocycles. The summed E-state index contributed by atoms with van der Waals surface area (Å²) < 4.78 is 43.7. The highest BCUT2D eigenvalue weighted by Crippen LogP contribution is 2.30. The van der Waals surface area contributed by atoms with Gasteiger partial charge in [0.25, 0.3) is 28.7 Å². The monoisotopic (exact) mass is 1890 g/mol. The summed E-state index contributed by atoms with van der Waals surface area (Å²) in [7, 11) is -2.41. The van der Waals surface area contributed by atoms with Crippen LogP contribution in [0.25, 0.3) is 0 Å². The van der Waals surface area contributed by atoms with E-state index in [1.165, 1.54) is 26.2 Å². The van der Waals surface area contributed by atoms with Gasteiger partial charge in [0, 0.05) is 43.9 Å². The summed E-state index contributed by atoms with van der Waals surface area (Å²) in [6.07, 6.45) is 5.02. The number of nitrogen functional groups attached to an aromatic ring is 8. The second-order valence-electron chi connectivity index (χ2n) is 28.1. The number of rotatable bonds is 33. The van der Waals surface area contributed by atoms with Crippen molar-refractivity contribution in [2.24, 2.45) is 48.8 Å². The quantitative estimate of drug-likeness (QED) is 0.0122. The van der Waals surface area contributed by atoms with Crippen molar-refractivity contribution >= 4 is 167 Å². The van der Waals surface area contributed by atoms with Crippen LogP contribution in [0.4, 0.5) is 46.5 Å². The highest BCUT2D eigenvalue weighted by molar-refractivity contribution is 8.06. The predicted octanol–water partition coefficient (Wildman–Crippen LogP) is 3.11. The number of methoxy groups -OCH3 is 1. The van der Waals surface area contributed by atoms with Crippen LogP contribution in [0.5, 0.6) is 11.5 Å². The Morgan fingerprint density at radius 1 is 0.473 bits per heavy atom. The molecule has 0 bridgehead atoms. The van der Waals surface area contributed by atoms with Gasteiger partial charge in [0.05, 0.1) is 24.9 Å². The Morgan fingerprint density at radius 3 is 1.13 bits per heavy atom. The smallest absolute Gasteiger partial charge is 0.337 e. The number of carboxylic acids is 1. The number of hydrogen-bond acceptors (Lipinski definition) is 36.